The fourth-order valence-electron chi connectivity index (χ4n) is 1.65. The van der Waals surface area contributed by atoms with Crippen LogP contribution < -0.4 is 15.8 Å². The van der Waals surface area contributed by atoms with E-state index in [1.165, 1.54) is 24.3 Å². The number of hydrogen-bond donors (Lipinski definition) is 2. The second-order valence-corrected chi connectivity index (χ2v) is 4.66. The first kappa shape index (κ1) is 16.4. The highest BCUT2D eigenvalue weighted by Crippen LogP contribution is 2.15. The number of hydrogen-bond acceptors (Lipinski definition) is 3. The van der Waals surface area contributed by atoms with Gasteiger partial charge in [0.15, 0.2) is 0 Å². The molecule has 0 saturated carbocycles. The number of alkyl halides is 2. The van der Waals surface area contributed by atoms with E-state index in [2.05, 4.69) is 10.1 Å². The Kier molecular flexibility index (Phi) is 5.88. The average Bonchev–Trinajstić information content (AvgIpc) is 2.44. The highest BCUT2D eigenvalue weighted by molar-refractivity contribution is 5.94. The smallest absolute Gasteiger partial charge is 0.387 e. The monoisotopic (exact) mass is 286 g/mol. The van der Waals surface area contributed by atoms with E-state index in [4.69, 9.17) is 5.73 Å². The van der Waals surface area contributed by atoms with Gasteiger partial charge in [0.1, 0.15) is 5.75 Å². The molecule has 6 heteroatoms. The number of carbonyl (C=O) groups is 1. The summed E-state index contributed by atoms with van der Waals surface area (Å²) in [6.07, 6.45) is 1.51. The summed E-state index contributed by atoms with van der Waals surface area (Å²) in [6, 6.07) is 5.53. The average molecular weight is 286 g/mol. The summed E-state index contributed by atoms with van der Waals surface area (Å²) in [7, 11) is 0. The third kappa shape index (κ3) is 4.77. The molecule has 0 saturated heterocycles. The van der Waals surface area contributed by atoms with Crippen LogP contribution in [-0.2, 0) is 0 Å². The number of ether oxygens (including phenoxy) is 1. The Morgan fingerprint density at radius 1 is 1.30 bits per heavy atom. The predicted molar refractivity (Wildman–Crippen MR) is 72.9 cm³/mol. The van der Waals surface area contributed by atoms with Gasteiger partial charge in [-0.1, -0.05) is 13.8 Å². The van der Waals surface area contributed by atoms with Gasteiger partial charge in [-0.05, 0) is 37.1 Å². The molecule has 3 N–H and O–H groups in total. The normalized spacial score (nSPS) is 11.5. The van der Waals surface area contributed by atoms with Crippen molar-refractivity contribution in [2.45, 2.75) is 38.8 Å². The molecule has 0 unspecified atom stereocenters. The first-order valence-electron chi connectivity index (χ1n) is 6.52. The maximum absolute atomic E-state index is 12.0. The molecular formula is C14H20F2N2O2. The summed E-state index contributed by atoms with van der Waals surface area (Å²) in [5.41, 5.74) is 6.04. The Morgan fingerprint density at radius 3 is 2.30 bits per heavy atom. The first-order valence-corrected chi connectivity index (χ1v) is 6.52. The number of amides is 1. The van der Waals surface area contributed by atoms with Crippen LogP contribution >= 0.6 is 0 Å². The van der Waals surface area contributed by atoms with Gasteiger partial charge in [0.2, 0.25) is 0 Å². The van der Waals surface area contributed by atoms with Crippen LogP contribution in [0.25, 0.3) is 0 Å². The lowest BCUT2D eigenvalue weighted by Crippen LogP contribution is -2.49. The molecule has 0 aromatic heterocycles. The number of nitrogens with two attached hydrogens (primary N) is 1. The Morgan fingerprint density at radius 2 is 1.85 bits per heavy atom. The van der Waals surface area contributed by atoms with Crippen molar-refractivity contribution in [1.29, 1.82) is 0 Å². The van der Waals surface area contributed by atoms with E-state index in [9.17, 15) is 13.6 Å². The van der Waals surface area contributed by atoms with Crippen molar-refractivity contribution in [1.82, 2.24) is 5.32 Å². The van der Waals surface area contributed by atoms with Crippen LogP contribution in [-0.4, -0.2) is 24.6 Å². The molecule has 112 valence electrons. The second kappa shape index (κ2) is 7.19. The van der Waals surface area contributed by atoms with E-state index in [0.717, 1.165) is 12.8 Å². The Labute approximate surface area is 117 Å². The number of rotatable bonds is 7. The second-order valence-electron chi connectivity index (χ2n) is 4.66. The quantitative estimate of drug-likeness (QED) is 0.809. The fraction of sp³-hybridized carbons (Fsp3) is 0.500. The van der Waals surface area contributed by atoms with Gasteiger partial charge in [-0.15, -0.1) is 0 Å². The molecule has 1 rings (SSSR count). The molecule has 0 aliphatic carbocycles. The molecule has 20 heavy (non-hydrogen) atoms. The predicted octanol–water partition coefficient (Wildman–Crippen LogP) is 2.54. The summed E-state index contributed by atoms with van der Waals surface area (Å²) >= 11 is 0. The summed E-state index contributed by atoms with van der Waals surface area (Å²) in [5.74, 6) is -0.267. The molecule has 0 radical (unpaired) electrons. The number of benzene rings is 1. The van der Waals surface area contributed by atoms with E-state index < -0.39 is 12.2 Å². The van der Waals surface area contributed by atoms with E-state index in [1.54, 1.807) is 0 Å². The Balaban J connectivity index is 2.60. The zero-order valence-corrected chi connectivity index (χ0v) is 11.7. The zero-order valence-electron chi connectivity index (χ0n) is 11.7. The van der Waals surface area contributed by atoms with Crippen molar-refractivity contribution in [3.8, 4) is 5.75 Å². The van der Waals surface area contributed by atoms with Gasteiger partial charge in [0.25, 0.3) is 5.91 Å². The van der Waals surface area contributed by atoms with Crippen LogP contribution in [0.3, 0.4) is 0 Å². The molecule has 0 atom stereocenters. The summed E-state index contributed by atoms with van der Waals surface area (Å²) in [5, 5.41) is 2.75. The molecule has 4 nitrogen and oxygen atoms in total. The maximum atomic E-state index is 12.0. The number of carbonyl (C=O) groups excluding carboxylic acids is 1. The van der Waals surface area contributed by atoms with Gasteiger partial charge in [0.05, 0.1) is 0 Å². The zero-order chi connectivity index (χ0) is 15.2. The van der Waals surface area contributed by atoms with Crippen LogP contribution in [0.5, 0.6) is 5.75 Å². The maximum Gasteiger partial charge on any atom is 0.387 e. The molecule has 1 aromatic rings. The van der Waals surface area contributed by atoms with Crippen molar-refractivity contribution < 1.29 is 18.3 Å². The van der Waals surface area contributed by atoms with Crippen molar-refractivity contribution >= 4 is 5.91 Å². The molecule has 0 heterocycles. The number of nitrogens with one attached hydrogen (secondary N) is 1. The molecular weight excluding hydrogens is 266 g/mol. The minimum atomic E-state index is -2.87. The van der Waals surface area contributed by atoms with Gasteiger partial charge in [0, 0.05) is 17.6 Å². The SMILES string of the molecule is CCC(N)(CC)CNC(=O)c1ccc(OC(F)F)cc1. The van der Waals surface area contributed by atoms with E-state index in [-0.39, 0.29) is 11.7 Å². The third-order valence-corrected chi connectivity index (χ3v) is 3.35. The highest BCUT2D eigenvalue weighted by Gasteiger charge is 2.21. The van der Waals surface area contributed by atoms with Crippen molar-refractivity contribution in [2.24, 2.45) is 5.73 Å². The minimum Gasteiger partial charge on any atom is -0.435 e. The molecule has 1 amide bonds. The van der Waals surface area contributed by atoms with Gasteiger partial charge in [-0.25, -0.2) is 0 Å². The molecule has 0 bridgehead atoms. The Hall–Kier alpha value is -1.69. The van der Waals surface area contributed by atoms with Gasteiger partial charge >= 0.3 is 6.61 Å². The summed E-state index contributed by atoms with van der Waals surface area (Å²) < 4.78 is 28.2. The lowest BCUT2D eigenvalue weighted by atomic mass is 9.94. The summed E-state index contributed by atoms with van der Waals surface area (Å²) in [6.45, 7) is 1.42. The van der Waals surface area contributed by atoms with Crippen LogP contribution in [0.4, 0.5) is 8.78 Å². The fourth-order valence-corrected chi connectivity index (χ4v) is 1.65. The topological polar surface area (TPSA) is 64.3 Å². The van der Waals surface area contributed by atoms with E-state index in [1.807, 2.05) is 13.8 Å². The largest absolute Gasteiger partial charge is 0.435 e. The molecule has 0 fully saturated rings. The third-order valence-electron chi connectivity index (χ3n) is 3.35. The minimum absolute atomic E-state index is 0.0202. The molecule has 0 aliphatic rings. The van der Waals surface area contributed by atoms with Gasteiger partial charge < -0.3 is 15.8 Å². The lowest BCUT2D eigenvalue weighted by molar-refractivity contribution is -0.0498. The Bertz CT molecular complexity index is 431. The van der Waals surface area contributed by atoms with Gasteiger partial charge in [-0.2, -0.15) is 8.78 Å². The first-order chi connectivity index (χ1) is 9.40. The van der Waals surface area contributed by atoms with Crippen LogP contribution in [0.2, 0.25) is 0 Å². The number of halogens is 2. The summed E-state index contributed by atoms with van der Waals surface area (Å²) in [4.78, 5) is 11.9. The van der Waals surface area contributed by atoms with Crippen molar-refractivity contribution in [3.05, 3.63) is 29.8 Å². The molecule has 0 aliphatic heterocycles. The van der Waals surface area contributed by atoms with E-state index in [0.29, 0.717) is 12.1 Å². The van der Waals surface area contributed by atoms with E-state index >= 15 is 0 Å². The molecule has 0 spiro atoms. The highest BCUT2D eigenvalue weighted by atomic mass is 19.3. The van der Waals surface area contributed by atoms with Crippen LogP contribution in [0.15, 0.2) is 24.3 Å². The lowest BCUT2D eigenvalue weighted by Gasteiger charge is -2.26. The van der Waals surface area contributed by atoms with Crippen molar-refractivity contribution in [2.75, 3.05) is 6.54 Å². The molecule has 1 aromatic carbocycles. The van der Waals surface area contributed by atoms with Crippen molar-refractivity contribution in [3.63, 3.8) is 0 Å². The van der Waals surface area contributed by atoms with Crippen LogP contribution in [0.1, 0.15) is 37.0 Å². The van der Waals surface area contributed by atoms with Crippen LogP contribution in [0, 0.1) is 0 Å². The van der Waals surface area contributed by atoms with Gasteiger partial charge in [-0.3, -0.25) is 4.79 Å². The standard InChI is InChI=1S/C14H20F2N2O2/c1-3-14(17,4-2)9-18-12(19)10-5-7-11(8-6-10)20-13(15)16/h5-8,13H,3-4,9,17H2,1-2H3,(H,18,19).